The van der Waals surface area contributed by atoms with Gasteiger partial charge in [-0.2, -0.15) is 4.98 Å². The van der Waals surface area contributed by atoms with Gasteiger partial charge in [-0.3, -0.25) is 0 Å². The minimum atomic E-state index is -0.788. The van der Waals surface area contributed by atoms with Crippen LogP contribution in [-0.4, -0.2) is 55.9 Å². The molecule has 20 heavy (non-hydrogen) atoms. The van der Waals surface area contributed by atoms with Crippen LogP contribution in [0, 0.1) is 0 Å². The molecule has 1 fully saturated rings. The molecule has 2 aromatic rings. The fourth-order valence-electron chi connectivity index (χ4n) is 2.62. The van der Waals surface area contributed by atoms with E-state index in [-0.39, 0.29) is 0 Å². The summed E-state index contributed by atoms with van der Waals surface area (Å²) in [5, 5.41) is 14.5. The highest BCUT2D eigenvalue weighted by atomic mass is 16.5. The van der Waals surface area contributed by atoms with E-state index in [0.717, 1.165) is 19.4 Å². The average molecular weight is 275 g/mol. The number of piperidine rings is 1. The first-order valence-electron chi connectivity index (χ1n) is 6.64. The quantitative estimate of drug-likeness (QED) is 0.873. The molecule has 1 aliphatic heterocycles. The van der Waals surface area contributed by atoms with Crippen molar-refractivity contribution in [2.45, 2.75) is 24.9 Å². The van der Waals surface area contributed by atoms with E-state index >= 15 is 0 Å². The Morgan fingerprint density at radius 1 is 1.40 bits per heavy atom. The van der Waals surface area contributed by atoms with Gasteiger partial charge in [0.2, 0.25) is 11.7 Å². The lowest BCUT2D eigenvalue weighted by Crippen LogP contribution is -2.47. The van der Waals surface area contributed by atoms with Crippen molar-refractivity contribution in [2.75, 3.05) is 20.1 Å². The Balaban J connectivity index is 1.74. The van der Waals surface area contributed by atoms with Crippen molar-refractivity contribution in [3.05, 3.63) is 24.6 Å². The zero-order valence-corrected chi connectivity index (χ0v) is 11.4. The summed E-state index contributed by atoms with van der Waals surface area (Å²) < 4.78 is 5.23. The summed E-state index contributed by atoms with van der Waals surface area (Å²) in [5.74, 6) is 0.898. The number of likely N-dealkylation sites (N-methyl/N-ethyl adjacent to an activating group) is 1. The van der Waals surface area contributed by atoms with Crippen LogP contribution in [0.3, 0.4) is 0 Å². The van der Waals surface area contributed by atoms with Gasteiger partial charge in [0.25, 0.3) is 0 Å². The molecule has 1 N–H and O–H groups in total. The maximum absolute atomic E-state index is 10.6. The van der Waals surface area contributed by atoms with Gasteiger partial charge in [0.05, 0.1) is 17.6 Å². The van der Waals surface area contributed by atoms with E-state index in [2.05, 4.69) is 25.0 Å². The molecule has 7 nitrogen and oxygen atoms in total. The summed E-state index contributed by atoms with van der Waals surface area (Å²) >= 11 is 0. The molecule has 0 aromatic carbocycles. The molecule has 0 aliphatic carbocycles. The standard InChI is InChI=1S/C13H17N5O2/c1-18-4-2-3-13(19,8-18)5-11-16-12(17-20-11)10-6-14-9-15-7-10/h6-7,9,19H,2-5,8H2,1H3. The SMILES string of the molecule is CN1CCCC(O)(Cc2nc(-c3cncnc3)no2)C1. The monoisotopic (exact) mass is 275 g/mol. The van der Waals surface area contributed by atoms with Crippen LogP contribution in [0.5, 0.6) is 0 Å². The summed E-state index contributed by atoms with van der Waals surface area (Å²) in [4.78, 5) is 14.3. The molecule has 2 aromatic heterocycles. The first-order valence-corrected chi connectivity index (χ1v) is 6.64. The van der Waals surface area contributed by atoms with Gasteiger partial charge in [0.15, 0.2) is 0 Å². The number of nitrogens with zero attached hydrogens (tertiary/aromatic N) is 5. The van der Waals surface area contributed by atoms with E-state index in [1.54, 1.807) is 12.4 Å². The maximum Gasteiger partial charge on any atom is 0.229 e. The van der Waals surface area contributed by atoms with E-state index in [1.165, 1.54) is 6.33 Å². The fourth-order valence-corrected chi connectivity index (χ4v) is 2.62. The molecule has 7 heteroatoms. The van der Waals surface area contributed by atoms with Crippen molar-refractivity contribution in [1.82, 2.24) is 25.0 Å². The smallest absolute Gasteiger partial charge is 0.229 e. The molecule has 0 amide bonds. The largest absolute Gasteiger partial charge is 0.388 e. The Hall–Kier alpha value is -1.86. The highest BCUT2D eigenvalue weighted by molar-refractivity contribution is 5.50. The fraction of sp³-hybridized carbons (Fsp3) is 0.538. The number of hydrogen-bond donors (Lipinski definition) is 1. The van der Waals surface area contributed by atoms with Crippen molar-refractivity contribution in [3.8, 4) is 11.4 Å². The van der Waals surface area contributed by atoms with Crippen LogP contribution in [0.2, 0.25) is 0 Å². The lowest BCUT2D eigenvalue weighted by molar-refractivity contribution is -0.0274. The highest BCUT2D eigenvalue weighted by Crippen LogP contribution is 2.24. The lowest BCUT2D eigenvalue weighted by Gasteiger charge is -2.36. The molecular weight excluding hydrogens is 258 g/mol. The summed E-state index contributed by atoms with van der Waals surface area (Å²) in [6, 6.07) is 0. The van der Waals surface area contributed by atoms with Gasteiger partial charge in [-0.25, -0.2) is 9.97 Å². The number of hydrogen-bond acceptors (Lipinski definition) is 7. The van der Waals surface area contributed by atoms with Crippen LogP contribution in [0.1, 0.15) is 18.7 Å². The van der Waals surface area contributed by atoms with Gasteiger partial charge in [-0.15, -0.1) is 0 Å². The van der Waals surface area contributed by atoms with Crippen LogP contribution in [0.4, 0.5) is 0 Å². The summed E-state index contributed by atoms with van der Waals surface area (Å²) in [6.07, 6.45) is 6.81. The van der Waals surface area contributed by atoms with Gasteiger partial charge in [-0.05, 0) is 26.4 Å². The molecule has 3 heterocycles. The van der Waals surface area contributed by atoms with Crippen molar-refractivity contribution in [2.24, 2.45) is 0 Å². The molecule has 1 aliphatic rings. The van der Waals surface area contributed by atoms with Crippen molar-refractivity contribution >= 4 is 0 Å². The Morgan fingerprint density at radius 3 is 2.95 bits per heavy atom. The van der Waals surface area contributed by atoms with E-state index in [0.29, 0.717) is 30.2 Å². The summed E-state index contributed by atoms with van der Waals surface area (Å²) in [6.45, 7) is 1.64. The number of β-amino-alcohol motifs (C(OH)–C–C–N with tert-alkyl or cyclic N) is 1. The Labute approximate surface area is 116 Å². The molecule has 0 radical (unpaired) electrons. The van der Waals surface area contributed by atoms with Gasteiger partial charge in [0.1, 0.15) is 6.33 Å². The van der Waals surface area contributed by atoms with Crippen LogP contribution in [0.25, 0.3) is 11.4 Å². The van der Waals surface area contributed by atoms with E-state index < -0.39 is 5.60 Å². The first-order chi connectivity index (χ1) is 9.65. The Kier molecular flexibility index (Phi) is 3.45. The predicted octanol–water partition coefficient (Wildman–Crippen LogP) is 0.526. The van der Waals surface area contributed by atoms with Crippen LogP contribution in [0.15, 0.2) is 23.2 Å². The molecule has 1 atom stereocenters. The third-order valence-electron chi connectivity index (χ3n) is 3.51. The first kappa shape index (κ1) is 13.1. The highest BCUT2D eigenvalue weighted by Gasteiger charge is 2.34. The third-order valence-corrected chi connectivity index (χ3v) is 3.51. The number of rotatable bonds is 3. The molecule has 0 bridgehead atoms. The molecule has 1 unspecified atom stereocenters. The second-order valence-electron chi connectivity index (χ2n) is 5.38. The van der Waals surface area contributed by atoms with E-state index in [4.69, 9.17) is 4.52 Å². The van der Waals surface area contributed by atoms with Gasteiger partial charge < -0.3 is 14.5 Å². The van der Waals surface area contributed by atoms with Crippen molar-refractivity contribution in [1.29, 1.82) is 0 Å². The third kappa shape index (κ3) is 2.83. The zero-order chi connectivity index (χ0) is 14.0. The summed E-state index contributed by atoms with van der Waals surface area (Å²) in [5.41, 5.74) is -0.0838. The molecule has 0 saturated carbocycles. The lowest BCUT2D eigenvalue weighted by atomic mass is 9.90. The minimum absolute atomic E-state index is 0.373. The average Bonchev–Trinajstić information content (AvgIpc) is 2.87. The second-order valence-corrected chi connectivity index (χ2v) is 5.38. The second kappa shape index (κ2) is 5.26. The maximum atomic E-state index is 10.6. The van der Waals surface area contributed by atoms with E-state index in [1.807, 2.05) is 7.05 Å². The summed E-state index contributed by atoms with van der Waals surface area (Å²) in [7, 11) is 2.00. The van der Waals surface area contributed by atoms with Crippen molar-refractivity contribution < 1.29 is 9.63 Å². The molecule has 0 spiro atoms. The normalized spacial score (nSPS) is 23.9. The molecular formula is C13H17N5O2. The van der Waals surface area contributed by atoms with E-state index in [9.17, 15) is 5.11 Å². The van der Waals surface area contributed by atoms with Crippen LogP contribution >= 0.6 is 0 Å². The van der Waals surface area contributed by atoms with Crippen molar-refractivity contribution in [3.63, 3.8) is 0 Å². The molecule has 106 valence electrons. The zero-order valence-electron chi connectivity index (χ0n) is 11.4. The van der Waals surface area contributed by atoms with Crippen LogP contribution in [-0.2, 0) is 6.42 Å². The van der Waals surface area contributed by atoms with Gasteiger partial charge >= 0.3 is 0 Å². The van der Waals surface area contributed by atoms with Gasteiger partial charge in [-0.1, -0.05) is 5.16 Å². The topological polar surface area (TPSA) is 88.2 Å². The number of aliphatic hydroxyl groups is 1. The molecule has 1 saturated heterocycles. The predicted molar refractivity (Wildman–Crippen MR) is 70.7 cm³/mol. The molecule has 3 rings (SSSR count). The number of likely N-dealkylation sites (tertiary alicyclic amines) is 1. The van der Waals surface area contributed by atoms with Gasteiger partial charge in [0, 0.05) is 18.9 Å². The Morgan fingerprint density at radius 2 is 2.20 bits per heavy atom. The number of aromatic nitrogens is 4. The Bertz CT molecular complexity index is 573. The minimum Gasteiger partial charge on any atom is -0.388 e. The van der Waals surface area contributed by atoms with Crippen LogP contribution < -0.4 is 0 Å².